The number of nitrogens with one attached hydrogen (secondary N) is 1. The minimum Gasteiger partial charge on any atom is -0.396 e. The van der Waals surface area contributed by atoms with E-state index < -0.39 is 35.5 Å². The number of azide groups is 1. The van der Waals surface area contributed by atoms with Crippen molar-refractivity contribution in [1.29, 1.82) is 0 Å². The summed E-state index contributed by atoms with van der Waals surface area (Å²) in [5, 5.41) is 23.2. The summed E-state index contributed by atoms with van der Waals surface area (Å²) in [4.78, 5) is 28.0. The molecule has 0 radical (unpaired) electrons. The van der Waals surface area contributed by atoms with Gasteiger partial charge in [0, 0.05) is 16.7 Å². The van der Waals surface area contributed by atoms with E-state index in [0.717, 1.165) is 0 Å². The van der Waals surface area contributed by atoms with Gasteiger partial charge in [0.15, 0.2) is 0 Å². The predicted molar refractivity (Wildman–Crippen MR) is 69.3 cm³/mol. The van der Waals surface area contributed by atoms with E-state index in [1.807, 2.05) is 0 Å². The molecule has 2 rings (SSSR count). The third-order valence-corrected chi connectivity index (χ3v) is 3.81. The number of aliphatic hydroxyl groups is 2. The van der Waals surface area contributed by atoms with Gasteiger partial charge in [-0.3, -0.25) is 14.3 Å². The van der Waals surface area contributed by atoms with Crippen molar-refractivity contribution < 1.29 is 10.2 Å². The van der Waals surface area contributed by atoms with Crippen LogP contribution in [0.2, 0.25) is 0 Å². The molecule has 0 unspecified atom stereocenters. The van der Waals surface area contributed by atoms with Gasteiger partial charge in [-0.15, -0.1) is 0 Å². The molecule has 0 aliphatic heterocycles. The quantitative estimate of drug-likeness (QED) is 0.392. The minimum atomic E-state index is -1.33. The molecule has 9 nitrogen and oxygen atoms in total. The molecule has 3 atom stereocenters. The van der Waals surface area contributed by atoms with Crippen LogP contribution in [0, 0.1) is 6.92 Å². The first-order valence-corrected chi connectivity index (χ1v) is 6.12. The molecule has 3 N–H and O–H groups in total. The lowest BCUT2D eigenvalue weighted by Gasteiger charge is -2.27. The second-order valence-corrected chi connectivity index (χ2v) is 4.98. The topological polar surface area (TPSA) is 144 Å². The highest BCUT2D eigenvalue weighted by molar-refractivity contribution is 5.09. The van der Waals surface area contributed by atoms with E-state index in [9.17, 15) is 19.8 Å². The lowest BCUT2D eigenvalue weighted by atomic mass is 9.97. The van der Waals surface area contributed by atoms with Crippen molar-refractivity contribution in [3.8, 4) is 0 Å². The first kappa shape index (κ1) is 14.3. The van der Waals surface area contributed by atoms with Crippen molar-refractivity contribution in [1.82, 2.24) is 9.55 Å². The second-order valence-electron chi connectivity index (χ2n) is 4.98. The molecule has 0 bridgehead atoms. The fourth-order valence-electron chi connectivity index (χ4n) is 2.59. The number of aryl methyl sites for hydroxylation is 1. The van der Waals surface area contributed by atoms with Crippen LogP contribution in [0.5, 0.6) is 0 Å². The van der Waals surface area contributed by atoms with Crippen LogP contribution in [0.3, 0.4) is 0 Å². The van der Waals surface area contributed by atoms with Gasteiger partial charge < -0.3 is 10.2 Å². The van der Waals surface area contributed by atoms with Gasteiger partial charge in [0.1, 0.15) is 0 Å². The molecular formula is C11H15N5O4. The molecule has 1 aromatic rings. The molecule has 1 aliphatic carbocycles. The van der Waals surface area contributed by atoms with Crippen molar-refractivity contribution in [2.24, 2.45) is 5.11 Å². The maximum atomic E-state index is 11.8. The van der Waals surface area contributed by atoms with E-state index in [2.05, 4.69) is 15.0 Å². The normalized spacial score (nSPS) is 29.1. The van der Waals surface area contributed by atoms with Gasteiger partial charge in [0.05, 0.1) is 24.3 Å². The summed E-state index contributed by atoms with van der Waals surface area (Å²) in [5.41, 5.74) is 6.43. The zero-order valence-corrected chi connectivity index (χ0v) is 10.9. The monoisotopic (exact) mass is 281 g/mol. The van der Waals surface area contributed by atoms with E-state index in [0.29, 0.717) is 12.0 Å². The average molecular weight is 281 g/mol. The average Bonchev–Trinajstić information content (AvgIpc) is 2.73. The van der Waals surface area contributed by atoms with Crippen molar-refractivity contribution in [2.45, 2.75) is 37.5 Å². The molecule has 0 aromatic carbocycles. The molecule has 108 valence electrons. The Bertz CT molecular complexity index is 674. The van der Waals surface area contributed by atoms with Crippen LogP contribution in [-0.2, 0) is 0 Å². The van der Waals surface area contributed by atoms with Crippen LogP contribution in [0.15, 0.2) is 20.9 Å². The van der Waals surface area contributed by atoms with Crippen molar-refractivity contribution in [3.63, 3.8) is 0 Å². The van der Waals surface area contributed by atoms with Crippen LogP contribution in [0.4, 0.5) is 0 Å². The number of nitrogens with zero attached hydrogens (tertiary/aromatic N) is 4. The molecule has 0 spiro atoms. The van der Waals surface area contributed by atoms with Crippen LogP contribution in [-0.4, -0.2) is 38.0 Å². The van der Waals surface area contributed by atoms with Crippen LogP contribution in [0.25, 0.3) is 10.4 Å². The van der Waals surface area contributed by atoms with E-state index in [4.69, 9.17) is 5.53 Å². The van der Waals surface area contributed by atoms with Crippen molar-refractivity contribution in [2.75, 3.05) is 6.61 Å². The Hall–Kier alpha value is -2.09. The van der Waals surface area contributed by atoms with Gasteiger partial charge in [0.25, 0.3) is 5.56 Å². The third-order valence-electron chi connectivity index (χ3n) is 3.81. The summed E-state index contributed by atoms with van der Waals surface area (Å²) in [6.45, 7) is 1.04. The van der Waals surface area contributed by atoms with E-state index in [1.165, 1.54) is 10.8 Å². The lowest BCUT2D eigenvalue weighted by molar-refractivity contribution is 0.0425. The predicted octanol–water partition coefficient (Wildman–Crippen LogP) is -0.418. The molecule has 9 heteroatoms. The van der Waals surface area contributed by atoms with E-state index >= 15 is 0 Å². The molecule has 1 saturated carbocycles. The second kappa shape index (κ2) is 5.12. The fraction of sp³-hybridized carbons (Fsp3) is 0.636. The van der Waals surface area contributed by atoms with E-state index in [1.54, 1.807) is 6.92 Å². The number of rotatable bonds is 3. The maximum Gasteiger partial charge on any atom is 0.328 e. The highest BCUT2D eigenvalue weighted by Gasteiger charge is 2.48. The number of hydrogen-bond acceptors (Lipinski definition) is 5. The van der Waals surface area contributed by atoms with Crippen molar-refractivity contribution in [3.05, 3.63) is 43.0 Å². The summed E-state index contributed by atoms with van der Waals surface area (Å²) in [6.07, 6.45) is 0.765. The van der Waals surface area contributed by atoms with Gasteiger partial charge in [-0.2, -0.15) is 0 Å². The molecule has 0 saturated heterocycles. The molecule has 1 aromatic heterocycles. The van der Waals surface area contributed by atoms with Gasteiger partial charge in [0.2, 0.25) is 0 Å². The Morgan fingerprint density at radius 2 is 2.35 bits per heavy atom. The lowest BCUT2D eigenvalue weighted by Crippen LogP contribution is -2.44. The summed E-state index contributed by atoms with van der Waals surface area (Å²) in [6, 6.07) is -0.657. The Labute approximate surface area is 113 Å². The van der Waals surface area contributed by atoms with E-state index in [-0.39, 0.29) is 6.42 Å². The van der Waals surface area contributed by atoms with Crippen molar-refractivity contribution >= 4 is 0 Å². The minimum absolute atomic E-state index is 0.254. The van der Waals surface area contributed by atoms with Gasteiger partial charge in [-0.05, 0) is 25.3 Å². The van der Waals surface area contributed by atoms with Gasteiger partial charge in [-0.1, -0.05) is 5.11 Å². The molecule has 20 heavy (non-hydrogen) atoms. The standard InChI is InChI=1S/C11H15N5O4/c1-6-4-16(10(20)13-9(6)19)7-2-3-11(5-17,8(7)18)14-15-12/h4,7-8,17-18H,2-3,5H2,1H3,(H,13,19,20)/t7-,8-,11+/m0/s1. The zero-order valence-electron chi connectivity index (χ0n) is 10.9. The molecule has 1 aliphatic rings. The summed E-state index contributed by atoms with van der Waals surface area (Å²) >= 11 is 0. The number of H-pyrrole nitrogens is 1. The summed E-state index contributed by atoms with van der Waals surface area (Å²) in [7, 11) is 0. The first-order valence-electron chi connectivity index (χ1n) is 6.12. The first-order chi connectivity index (χ1) is 9.45. The van der Waals surface area contributed by atoms with Crippen LogP contribution < -0.4 is 11.2 Å². The molecular weight excluding hydrogens is 266 g/mol. The largest absolute Gasteiger partial charge is 0.396 e. The number of aliphatic hydroxyl groups excluding tert-OH is 2. The van der Waals surface area contributed by atoms with Gasteiger partial charge >= 0.3 is 5.69 Å². The SMILES string of the molecule is Cc1cn([C@H]2CC[C@](CO)(N=[N+]=[N-])[C@H]2O)c(=O)[nH]c1=O. The fourth-order valence-corrected chi connectivity index (χ4v) is 2.59. The van der Waals surface area contributed by atoms with Crippen LogP contribution >= 0.6 is 0 Å². The summed E-state index contributed by atoms with van der Waals surface area (Å²) < 4.78 is 1.21. The molecule has 1 heterocycles. The Morgan fingerprint density at radius 1 is 1.65 bits per heavy atom. The Balaban J connectivity index is 2.47. The number of hydrogen-bond donors (Lipinski definition) is 3. The third kappa shape index (κ3) is 2.11. The molecule has 1 fully saturated rings. The van der Waals surface area contributed by atoms with Gasteiger partial charge in [-0.25, -0.2) is 4.79 Å². The number of aromatic amines is 1. The number of aromatic nitrogens is 2. The summed E-state index contributed by atoms with van der Waals surface area (Å²) in [5.74, 6) is 0. The van der Waals surface area contributed by atoms with Crippen LogP contribution in [0.1, 0.15) is 24.4 Å². The Kier molecular flexibility index (Phi) is 3.67. The smallest absolute Gasteiger partial charge is 0.328 e. The highest BCUT2D eigenvalue weighted by atomic mass is 16.3. The Morgan fingerprint density at radius 3 is 2.95 bits per heavy atom. The molecule has 0 amide bonds. The highest BCUT2D eigenvalue weighted by Crippen LogP contribution is 2.40. The maximum absolute atomic E-state index is 11.8. The zero-order chi connectivity index (χ0) is 14.9.